The first-order chi connectivity index (χ1) is 51.6. The monoisotopic (exact) mass is 1580 g/mol. The SMILES string of the molecule is CCCNC(=O)Nc1cccc(S(=O)(=O)Nc2cccc([C@@H](CC(=O)[O-])NC(=O)Nc3ccc(NC(=O)NCCOCCOCCOCCC(=O)N[C@@H](CC(=O)[O-])C(=O)N4CCC[C@H]4C(=O)N[C@H](C(=O)N=[S@](C)(=O)Cc4cc5nc(c4)OCCCOc4cc(F)ccc4-c4cc(ncc4F)N5)C(C)C)cc3)c2)c1.[Na+].[Na+]. The number of carboxylic acid groups (broad SMARTS) is 2. The number of carbonyl (C=O) groups excluding carboxylic acids is 9. The molecule has 8 rings (SSSR count). The van der Waals surface area contributed by atoms with E-state index in [1.165, 1.54) is 109 Å². The number of aliphatic carboxylic acids is 2. The number of nitrogens with zero attached hydrogens (tertiary/aromatic N) is 4. The maximum atomic E-state index is 15.2. The number of sulfonamides is 1. The molecule has 0 spiro atoms. The van der Waals surface area contributed by atoms with Crippen molar-refractivity contribution >= 4 is 108 Å². The fraction of sp³-hybridized carbons (Fsp3) is 0.394. The van der Waals surface area contributed by atoms with E-state index >= 15 is 4.39 Å². The Morgan fingerprint density at radius 2 is 1.33 bits per heavy atom. The molecular weight excluding hydrogens is 1500 g/mol. The van der Waals surface area contributed by atoms with Crippen molar-refractivity contribution in [3.63, 3.8) is 0 Å². The Kier molecular flexibility index (Phi) is 35.9. The molecule has 4 heterocycles. The van der Waals surface area contributed by atoms with Crippen LogP contribution in [0.25, 0.3) is 11.1 Å². The number of urea groups is 3. The van der Waals surface area contributed by atoms with Crippen LogP contribution in [0.1, 0.15) is 82.9 Å². The van der Waals surface area contributed by atoms with Crippen LogP contribution in [-0.4, -0.2) is 178 Å². The van der Waals surface area contributed by atoms with Crippen LogP contribution in [-0.2, 0) is 68.5 Å². The van der Waals surface area contributed by atoms with Crippen LogP contribution in [0.15, 0.2) is 125 Å². The molecule has 0 saturated carbocycles. The van der Waals surface area contributed by atoms with E-state index in [1.54, 1.807) is 13.8 Å². The number of carboxylic acids is 2. The van der Waals surface area contributed by atoms with E-state index in [0.717, 1.165) is 17.2 Å². The minimum absolute atomic E-state index is 0. The molecule has 1 fully saturated rings. The zero-order valence-electron chi connectivity index (χ0n) is 61.4. The summed E-state index contributed by atoms with van der Waals surface area (Å²) in [6.07, 6.45) is 1.79. The molecule has 4 bridgehead atoms. The second-order valence-electron chi connectivity index (χ2n) is 25.1. The molecule has 0 unspecified atom stereocenters. The maximum absolute atomic E-state index is 15.2. The van der Waals surface area contributed by atoms with Gasteiger partial charge in [0.05, 0.1) is 85.5 Å². The Bertz CT molecular complexity index is 4470. The van der Waals surface area contributed by atoms with Gasteiger partial charge in [0.2, 0.25) is 23.6 Å². The van der Waals surface area contributed by atoms with Gasteiger partial charge in [-0.25, -0.2) is 40.8 Å². The molecule has 39 heteroatoms. The first-order valence-electron chi connectivity index (χ1n) is 34.4. The van der Waals surface area contributed by atoms with Gasteiger partial charge < -0.3 is 96.2 Å². The van der Waals surface area contributed by atoms with Gasteiger partial charge in [0, 0.05) is 110 Å². The number of nitrogens with one attached hydrogen (secondary N) is 10. The van der Waals surface area contributed by atoms with Crippen molar-refractivity contribution in [3.05, 3.63) is 138 Å². The molecule has 1 saturated heterocycles. The number of pyridine rings is 2. The van der Waals surface area contributed by atoms with Crippen LogP contribution in [0.3, 0.4) is 0 Å². The second-order valence-corrected chi connectivity index (χ2v) is 29.2. The summed E-state index contributed by atoms with van der Waals surface area (Å²) in [6.45, 7) is 6.20. The Balaban J connectivity index is 0.00000945. The summed E-state index contributed by atoms with van der Waals surface area (Å²) < 4.78 is 105. The van der Waals surface area contributed by atoms with Gasteiger partial charge in [-0.1, -0.05) is 39.0 Å². The summed E-state index contributed by atoms with van der Waals surface area (Å²) in [5.74, 6) is -8.15. The Morgan fingerprint density at radius 1 is 0.682 bits per heavy atom. The van der Waals surface area contributed by atoms with Crippen LogP contribution in [0.5, 0.6) is 11.6 Å². The third-order valence-corrected chi connectivity index (χ3v) is 18.9. The predicted molar refractivity (Wildman–Crippen MR) is 387 cm³/mol. The number of carbonyl (C=O) groups is 9. The van der Waals surface area contributed by atoms with Crippen LogP contribution < -0.4 is 131 Å². The quantitative estimate of drug-likeness (QED) is 0.0168. The predicted octanol–water partition coefficient (Wildman–Crippen LogP) is -1.19. The topological polar surface area (TPSA) is 459 Å². The van der Waals surface area contributed by atoms with E-state index < -0.39 is 128 Å². The van der Waals surface area contributed by atoms with Crippen LogP contribution in [0.2, 0.25) is 0 Å². The number of benzene rings is 4. The Hall–Kier alpha value is -9.15. The number of fused-ring (bicyclic) bond motifs is 6. The van der Waals surface area contributed by atoms with Crippen molar-refractivity contribution in [2.75, 3.05) is 105 Å². The fourth-order valence-electron chi connectivity index (χ4n) is 11.1. The summed E-state index contributed by atoms with van der Waals surface area (Å²) in [4.78, 5) is 126. The van der Waals surface area contributed by atoms with Crippen LogP contribution in [0, 0.1) is 17.6 Å². The van der Waals surface area contributed by atoms with Gasteiger partial charge in [0.1, 0.15) is 47.1 Å². The van der Waals surface area contributed by atoms with Gasteiger partial charge in [-0.05, 0) is 115 Å². The second kappa shape index (κ2) is 44.0. The molecule has 110 heavy (non-hydrogen) atoms. The molecule has 6 aromatic rings. The molecule has 2 aromatic heterocycles. The summed E-state index contributed by atoms with van der Waals surface area (Å²) in [7, 11) is -7.63. The minimum Gasteiger partial charge on any atom is -0.550 e. The van der Waals surface area contributed by atoms with Crippen molar-refractivity contribution in [1.82, 2.24) is 41.5 Å². The molecule has 2 aliphatic heterocycles. The number of halogens is 2. The van der Waals surface area contributed by atoms with Gasteiger partial charge in [-0.15, -0.1) is 0 Å². The Morgan fingerprint density at radius 3 is 2.02 bits per heavy atom. The van der Waals surface area contributed by atoms with Gasteiger partial charge in [-0.2, -0.15) is 9.35 Å². The number of anilines is 6. The molecule has 0 radical (unpaired) electrons. The molecule has 580 valence electrons. The van der Waals surface area contributed by atoms with Crippen molar-refractivity contribution in [1.29, 1.82) is 0 Å². The molecule has 4 aromatic carbocycles. The first kappa shape index (κ1) is 89.7. The van der Waals surface area contributed by atoms with E-state index in [0.29, 0.717) is 37.1 Å². The number of hydrogen-bond acceptors (Lipinski definition) is 22. The minimum atomic E-state index is -4.21. The zero-order chi connectivity index (χ0) is 77.9. The van der Waals surface area contributed by atoms with Crippen molar-refractivity contribution in [3.8, 4) is 22.8 Å². The third-order valence-electron chi connectivity index (χ3n) is 16.1. The van der Waals surface area contributed by atoms with E-state index in [4.69, 9.17) is 23.7 Å². The van der Waals surface area contributed by atoms with E-state index in [9.17, 15) is 70.4 Å². The van der Waals surface area contributed by atoms with E-state index in [-0.39, 0.29) is 206 Å². The summed E-state index contributed by atoms with van der Waals surface area (Å²) >= 11 is 0. The number of likely N-dealkylation sites (tertiary alicyclic amines) is 1. The Labute approximate surface area is 678 Å². The van der Waals surface area contributed by atoms with E-state index in [2.05, 4.69) is 66.9 Å². The number of ether oxygens (including phenoxy) is 5. The van der Waals surface area contributed by atoms with Crippen LogP contribution >= 0.6 is 0 Å². The number of amides is 10. The van der Waals surface area contributed by atoms with E-state index in [1.807, 2.05) is 6.92 Å². The van der Waals surface area contributed by atoms with Gasteiger partial charge in [0.25, 0.3) is 15.9 Å². The molecule has 5 atom stereocenters. The van der Waals surface area contributed by atoms with Gasteiger partial charge >= 0.3 is 77.2 Å². The summed E-state index contributed by atoms with van der Waals surface area (Å²) in [5, 5.41) is 47.3. The zero-order valence-corrected chi connectivity index (χ0v) is 67.0. The number of rotatable bonds is 34. The third kappa shape index (κ3) is 28.9. The average Bonchev–Trinajstić information content (AvgIpc) is 1.03. The molecular formula is C71H84F2N14Na2O19S2. The largest absolute Gasteiger partial charge is 1.00 e. The van der Waals surface area contributed by atoms with Crippen molar-refractivity contribution in [2.24, 2.45) is 10.3 Å². The standard InChI is InChI=1S/C71H86F2N14O19S2.2Na/c1-5-22-74-69(96)79-49-11-7-13-51(37-49)108(100,101)85-50-12-6-10-45(35-50)55(39-63(89)90)81-71(98)78-48-18-16-47(17-19-48)77-70(97)75-23-28-103-30-32-104-31-29-102-27-21-61(88)80-56(40-64(91)92)68(95)87-24-8-14-57(87)66(93)84-65(43(2)3)67(94)86-107(4,99)42-44-33-60-82-59-38-53(54(73)41-76-59)52-20-15-46(72)36-58(52)105-25-9-26-106-62(34-44)83-60;;/h6-7,10-13,15-20,33-38,41,43,55-57,65,85H,5,8-9,14,21-32,39-40,42H2,1-4H3,(H,80,88)(H,84,93)(H,89,90)(H,91,92)(H2,74,79,96)(H2,75,77,97)(H,76,82,83)(H2,78,81,98);;/q;2*+1/p-2/t55-,56+,57+,65+,107-;;/m1../s1. The van der Waals surface area contributed by atoms with Gasteiger partial charge in [-0.3, -0.25) is 23.9 Å². The normalized spacial score (nSPS) is 14.4. The smallest absolute Gasteiger partial charge is 0.550 e. The fourth-order valence-corrected chi connectivity index (χ4v) is 13.5. The molecule has 0 aliphatic carbocycles. The molecule has 10 amide bonds. The molecule has 2 aliphatic rings. The summed E-state index contributed by atoms with van der Waals surface area (Å²) in [5.41, 5.74) is 1.84. The first-order valence-corrected chi connectivity index (χ1v) is 37.9. The molecule has 33 nitrogen and oxygen atoms in total. The van der Waals surface area contributed by atoms with Crippen molar-refractivity contribution in [2.45, 2.75) is 101 Å². The van der Waals surface area contributed by atoms with Crippen molar-refractivity contribution < 1.29 is 158 Å². The summed E-state index contributed by atoms with van der Waals surface area (Å²) in [6, 6.07) is 18.2. The van der Waals surface area contributed by atoms with Crippen LogP contribution in [0.4, 0.5) is 57.5 Å². The van der Waals surface area contributed by atoms with Gasteiger partial charge in [0.15, 0.2) is 0 Å². The number of aromatic nitrogens is 2. The average molecular weight is 1590 g/mol. The maximum Gasteiger partial charge on any atom is 1.00 e. The number of hydrogen-bond donors (Lipinski definition) is 10. The molecule has 10 N–H and O–H groups in total.